The zero-order valence-electron chi connectivity index (χ0n) is 16.6. The van der Waals surface area contributed by atoms with Gasteiger partial charge in [0.05, 0.1) is 24.2 Å². The van der Waals surface area contributed by atoms with E-state index in [1.165, 1.54) is 0 Å². The number of carbonyl (C=O) groups is 1. The molecule has 29 heavy (non-hydrogen) atoms. The highest BCUT2D eigenvalue weighted by molar-refractivity contribution is 5.99. The first-order valence-electron chi connectivity index (χ1n) is 9.85. The van der Waals surface area contributed by atoms with Gasteiger partial charge in [0.25, 0.3) is 0 Å². The minimum atomic E-state index is 0.00192. The molecule has 1 saturated heterocycles. The van der Waals surface area contributed by atoms with Crippen molar-refractivity contribution in [3.05, 3.63) is 84.9 Å². The van der Waals surface area contributed by atoms with Gasteiger partial charge in [-0.15, -0.1) is 0 Å². The average Bonchev–Trinajstić information content (AvgIpc) is 2.81. The number of nitrogens with zero attached hydrogens (tertiary/aromatic N) is 3. The molecule has 0 spiro atoms. The van der Waals surface area contributed by atoms with Gasteiger partial charge in [-0.2, -0.15) is 0 Å². The molecular weight excluding hydrogens is 362 g/mol. The fourth-order valence-corrected chi connectivity index (χ4v) is 3.70. The van der Waals surface area contributed by atoms with Crippen molar-refractivity contribution in [3.63, 3.8) is 0 Å². The van der Waals surface area contributed by atoms with Crippen LogP contribution in [0.2, 0.25) is 0 Å². The van der Waals surface area contributed by atoms with E-state index in [0.717, 1.165) is 35.9 Å². The Morgan fingerprint density at radius 2 is 1.28 bits per heavy atom. The second kappa shape index (κ2) is 8.69. The highest BCUT2D eigenvalue weighted by Gasteiger charge is 2.28. The Bertz CT molecular complexity index is 899. The number of rotatable bonds is 4. The first-order valence-corrected chi connectivity index (χ1v) is 9.85. The van der Waals surface area contributed by atoms with E-state index in [4.69, 9.17) is 4.74 Å². The van der Waals surface area contributed by atoms with Crippen LogP contribution in [0.4, 0.5) is 21.9 Å². The van der Waals surface area contributed by atoms with Crippen LogP contribution in [0.1, 0.15) is 0 Å². The summed E-state index contributed by atoms with van der Waals surface area (Å²) in [5.41, 5.74) is 2.82. The number of hydrogen-bond acceptors (Lipinski definition) is 3. The molecule has 1 aliphatic heterocycles. The predicted molar refractivity (Wildman–Crippen MR) is 117 cm³/mol. The van der Waals surface area contributed by atoms with Gasteiger partial charge in [-0.25, -0.2) is 4.79 Å². The van der Waals surface area contributed by atoms with Gasteiger partial charge in [0.2, 0.25) is 0 Å². The number of benzene rings is 3. The van der Waals surface area contributed by atoms with E-state index in [9.17, 15) is 4.79 Å². The summed E-state index contributed by atoms with van der Waals surface area (Å²) in [7, 11) is 1.69. The van der Waals surface area contributed by atoms with Gasteiger partial charge >= 0.3 is 6.03 Å². The maximum atomic E-state index is 13.5. The van der Waals surface area contributed by atoms with Crippen molar-refractivity contribution in [1.82, 2.24) is 4.90 Å². The number of hydrogen-bond donors (Lipinski definition) is 0. The van der Waals surface area contributed by atoms with Gasteiger partial charge in [0.1, 0.15) is 5.75 Å². The number of anilines is 3. The summed E-state index contributed by atoms with van der Waals surface area (Å²) in [4.78, 5) is 19.5. The fraction of sp³-hybridized carbons (Fsp3) is 0.208. The van der Waals surface area contributed by atoms with Crippen molar-refractivity contribution in [2.45, 2.75) is 0 Å². The van der Waals surface area contributed by atoms with Crippen LogP contribution in [-0.4, -0.2) is 44.2 Å². The minimum absolute atomic E-state index is 0.00192. The van der Waals surface area contributed by atoms with Crippen LogP contribution in [0.25, 0.3) is 0 Å². The van der Waals surface area contributed by atoms with Crippen LogP contribution in [0.15, 0.2) is 84.9 Å². The standard InChI is InChI=1S/C24H25N3O2/c1-29-23-15-9-8-14-22(23)25-16-18-26(19-17-25)24(28)27(20-10-4-2-5-11-20)21-12-6-3-7-13-21/h2-15H,16-19H2,1H3. The largest absolute Gasteiger partial charge is 0.495 e. The number of methoxy groups -OCH3 is 1. The smallest absolute Gasteiger partial charge is 0.329 e. The maximum absolute atomic E-state index is 13.5. The molecule has 148 valence electrons. The van der Waals surface area contributed by atoms with Crippen LogP contribution in [-0.2, 0) is 0 Å². The molecule has 1 heterocycles. The van der Waals surface area contributed by atoms with Crippen molar-refractivity contribution in [1.29, 1.82) is 0 Å². The zero-order chi connectivity index (χ0) is 20.1. The topological polar surface area (TPSA) is 36.0 Å². The van der Waals surface area contributed by atoms with Crippen LogP contribution in [0, 0.1) is 0 Å². The number of para-hydroxylation sites is 4. The van der Waals surface area contributed by atoms with Crippen LogP contribution >= 0.6 is 0 Å². The highest BCUT2D eigenvalue weighted by Crippen LogP contribution is 2.30. The van der Waals surface area contributed by atoms with Crippen LogP contribution in [0.5, 0.6) is 5.75 Å². The molecule has 0 N–H and O–H groups in total. The third-order valence-corrected chi connectivity index (χ3v) is 5.20. The molecule has 0 atom stereocenters. The second-order valence-corrected chi connectivity index (χ2v) is 6.94. The Morgan fingerprint density at radius 1 is 0.759 bits per heavy atom. The van der Waals surface area contributed by atoms with E-state index in [1.54, 1.807) is 12.0 Å². The first-order chi connectivity index (χ1) is 14.3. The Morgan fingerprint density at radius 3 is 1.83 bits per heavy atom. The minimum Gasteiger partial charge on any atom is -0.495 e. The normalized spacial score (nSPS) is 13.8. The SMILES string of the molecule is COc1ccccc1N1CCN(C(=O)N(c2ccccc2)c2ccccc2)CC1. The molecule has 0 aliphatic carbocycles. The molecule has 1 aliphatic rings. The van der Waals surface area contributed by atoms with Gasteiger partial charge in [-0.1, -0.05) is 48.5 Å². The van der Waals surface area contributed by atoms with Crippen molar-refractivity contribution in [2.24, 2.45) is 0 Å². The Labute approximate surface area is 171 Å². The third-order valence-electron chi connectivity index (χ3n) is 5.20. The van der Waals surface area contributed by atoms with Crippen molar-refractivity contribution < 1.29 is 9.53 Å². The van der Waals surface area contributed by atoms with Gasteiger partial charge in [-0.3, -0.25) is 4.90 Å². The molecule has 0 unspecified atom stereocenters. The van der Waals surface area contributed by atoms with E-state index in [2.05, 4.69) is 11.0 Å². The summed E-state index contributed by atoms with van der Waals surface area (Å²) in [6.07, 6.45) is 0. The Kier molecular flexibility index (Phi) is 5.66. The van der Waals surface area contributed by atoms with Crippen LogP contribution < -0.4 is 14.5 Å². The van der Waals surface area contributed by atoms with E-state index in [0.29, 0.717) is 13.1 Å². The summed E-state index contributed by atoms with van der Waals surface area (Å²) in [5.74, 6) is 0.863. The summed E-state index contributed by atoms with van der Waals surface area (Å²) < 4.78 is 5.50. The van der Waals surface area contributed by atoms with Crippen molar-refractivity contribution >= 4 is 23.1 Å². The Balaban J connectivity index is 1.53. The lowest BCUT2D eigenvalue weighted by atomic mass is 10.2. The number of urea groups is 1. The highest BCUT2D eigenvalue weighted by atomic mass is 16.5. The van der Waals surface area contributed by atoms with Crippen molar-refractivity contribution in [3.8, 4) is 5.75 Å². The molecule has 4 rings (SSSR count). The zero-order valence-corrected chi connectivity index (χ0v) is 16.6. The molecule has 3 aromatic rings. The van der Waals surface area contributed by atoms with Gasteiger partial charge in [0.15, 0.2) is 0 Å². The van der Waals surface area contributed by atoms with E-state index in [1.807, 2.05) is 83.8 Å². The number of ether oxygens (including phenoxy) is 1. The van der Waals surface area contributed by atoms with E-state index in [-0.39, 0.29) is 6.03 Å². The molecule has 0 bridgehead atoms. The summed E-state index contributed by atoms with van der Waals surface area (Å²) in [6.45, 7) is 2.85. The van der Waals surface area contributed by atoms with Crippen LogP contribution in [0.3, 0.4) is 0 Å². The van der Waals surface area contributed by atoms with Gasteiger partial charge < -0.3 is 14.5 Å². The quantitative estimate of drug-likeness (QED) is 0.647. The number of piperazine rings is 1. The lowest BCUT2D eigenvalue weighted by Crippen LogP contribution is -2.52. The van der Waals surface area contributed by atoms with Gasteiger partial charge in [0, 0.05) is 26.2 Å². The molecule has 3 aromatic carbocycles. The maximum Gasteiger partial charge on any atom is 0.329 e. The van der Waals surface area contributed by atoms with E-state index < -0.39 is 0 Å². The molecule has 0 radical (unpaired) electrons. The molecular formula is C24H25N3O2. The molecule has 0 saturated carbocycles. The predicted octanol–water partition coefficient (Wildman–Crippen LogP) is 4.78. The average molecular weight is 387 g/mol. The fourth-order valence-electron chi connectivity index (χ4n) is 3.70. The Hall–Kier alpha value is -3.47. The number of amides is 2. The lowest BCUT2D eigenvalue weighted by Gasteiger charge is -2.38. The third kappa shape index (κ3) is 4.04. The molecule has 1 fully saturated rings. The first kappa shape index (κ1) is 18.9. The van der Waals surface area contributed by atoms with Crippen molar-refractivity contribution in [2.75, 3.05) is 43.1 Å². The van der Waals surface area contributed by atoms with Gasteiger partial charge in [-0.05, 0) is 36.4 Å². The molecule has 5 nitrogen and oxygen atoms in total. The summed E-state index contributed by atoms with van der Waals surface area (Å²) >= 11 is 0. The molecule has 5 heteroatoms. The summed E-state index contributed by atoms with van der Waals surface area (Å²) in [5, 5.41) is 0. The monoisotopic (exact) mass is 387 g/mol. The molecule has 2 amide bonds. The van der Waals surface area contributed by atoms with E-state index >= 15 is 0 Å². The summed E-state index contributed by atoms with van der Waals surface area (Å²) in [6, 6.07) is 27.6. The lowest BCUT2D eigenvalue weighted by molar-refractivity contribution is 0.203. The molecule has 0 aromatic heterocycles. The number of carbonyl (C=O) groups excluding carboxylic acids is 1. The second-order valence-electron chi connectivity index (χ2n) is 6.94.